The van der Waals surface area contributed by atoms with Gasteiger partial charge in [0.25, 0.3) is 5.91 Å². The minimum atomic E-state index is -0.303. The van der Waals surface area contributed by atoms with E-state index in [1.807, 2.05) is 60.8 Å². The summed E-state index contributed by atoms with van der Waals surface area (Å²) in [6, 6.07) is 18.7. The van der Waals surface area contributed by atoms with Gasteiger partial charge in [-0.3, -0.25) is 4.79 Å². The fraction of sp³-hybridized carbons (Fsp3) is 0.125. The molecular weight excluding hydrogens is 410 g/mol. The molecule has 7 heteroatoms. The van der Waals surface area contributed by atoms with E-state index < -0.39 is 0 Å². The lowest BCUT2D eigenvalue weighted by Crippen LogP contribution is -2.19. The molecule has 0 bridgehead atoms. The maximum atomic E-state index is 13.1. The molecule has 2 heterocycles. The van der Waals surface area contributed by atoms with Gasteiger partial charge in [0.15, 0.2) is 0 Å². The standard InChI is InChI=1S/C24H21N3O3S/c1-15(23-9-6-12-31-23)26-27-24(28)19-14-21(25-20-8-5-4-7-17(19)20)18-11-10-16(29-2)13-22(18)30-3/h4-14H,1-3H3,(H,27,28). The predicted octanol–water partition coefficient (Wildman–Crippen LogP) is 5.13. The van der Waals surface area contributed by atoms with Crippen LogP contribution in [0.15, 0.2) is 71.1 Å². The van der Waals surface area contributed by atoms with E-state index in [4.69, 9.17) is 14.5 Å². The predicted molar refractivity (Wildman–Crippen MR) is 124 cm³/mol. The minimum Gasteiger partial charge on any atom is -0.497 e. The normalized spacial score (nSPS) is 11.4. The number of nitrogens with zero attached hydrogens (tertiary/aromatic N) is 2. The van der Waals surface area contributed by atoms with Gasteiger partial charge in [-0.05, 0) is 42.6 Å². The number of hydrazone groups is 1. The van der Waals surface area contributed by atoms with Crippen molar-refractivity contribution >= 4 is 33.9 Å². The molecule has 1 amide bonds. The Bertz CT molecular complexity index is 1270. The zero-order chi connectivity index (χ0) is 21.8. The summed E-state index contributed by atoms with van der Waals surface area (Å²) < 4.78 is 10.8. The van der Waals surface area contributed by atoms with E-state index in [1.165, 1.54) is 0 Å². The average molecular weight is 432 g/mol. The first-order valence-corrected chi connectivity index (χ1v) is 10.5. The second-order valence-corrected chi connectivity index (χ2v) is 7.70. The smallest absolute Gasteiger partial charge is 0.272 e. The first-order chi connectivity index (χ1) is 15.1. The summed E-state index contributed by atoms with van der Waals surface area (Å²) >= 11 is 1.57. The summed E-state index contributed by atoms with van der Waals surface area (Å²) in [5, 5.41) is 7.00. The summed E-state index contributed by atoms with van der Waals surface area (Å²) in [7, 11) is 3.19. The van der Waals surface area contributed by atoms with Gasteiger partial charge in [0.05, 0.1) is 36.7 Å². The number of benzene rings is 2. The summed E-state index contributed by atoms with van der Waals surface area (Å²) in [6.07, 6.45) is 0. The first kappa shape index (κ1) is 20.6. The average Bonchev–Trinajstić information content (AvgIpc) is 3.36. The lowest BCUT2D eigenvalue weighted by molar-refractivity contribution is 0.0956. The third-order valence-electron chi connectivity index (χ3n) is 4.85. The van der Waals surface area contributed by atoms with Crippen LogP contribution in [0, 0.1) is 0 Å². The van der Waals surface area contributed by atoms with Crippen molar-refractivity contribution < 1.29 is 14.3 Å². The van der Waals surface area contributed by atoms with E-state index in [9.17, 15) is 4.79 Å². The fourth-order valence-corrected chi connectivity index (χ4v) is 3.92. The van der Waals surface area contributed by atoms with Gasteiger partial charge in [-0.15, -0.1) is 11.3 Å². The van der Waals surface area contributed by atoms with Crippen molar-refractivity contribution in [1.29, 1.82) is 0 Å². The highest BCUT2D eigenvalue weighted by Crippen LogP contribution is 2.34. The third kappa shape index (κ3) is 4.27. The molecule has 2 aromatic heterocycles. The molecule has 156 valence electrons. The number of para-hydroxylation sites is 1. The molecule has 0 unspecified atom stereocenters. The molecule has 0 aliphatic rings. The number of hydrogen-bond donors (Lipinski definition) is 1. The van der Waals surface area contributed by atoms with E-state index in [-0.39, 0.29) is 5.91 Å². The molecule has 0 spiro atoms. The number of ether oxygens (including phenoxy) is 2. The highest BCUT2D eigenvalue weighted by Gasteiger charge is 2.16. The largest absolute Gasteiger partial charge is 0.497 e. The van der Waals surface area contributed by atoms with Crippen LogP contribution in [0.25, 0.3) is 22.2 Å². The number of fused-ring (bicyclic) bond motifs is 1. The van der Waals surface area contributed by atoms with Crippen molar-refractivity contribution in [3.63, 3.8) is 0 Å². The zero-order valence-corrected chi connectivity index (χ0v) is 18.2. The monoisotopic (exact) mass is 431 g/mol. The molecule has 4 aromatic rings. The van der Waals surface area contributed by atoms with Crippen LogP contribution in [-0.4, -0.2) is 30.8 Å². The first-order valence-electron chi connectivity index (χ1n) is 9.61. The number of carbonyl (C=O) groups is 1. The summed E-state index contributed by atoms with van der Waals surface area (Å²) in [5.41, 5.74) is 6.02. The van der Waals surface area contributed by atoms with E-state index in [2.05, 4.69) is 10.5 Å². The van der Waals surface area contributed by atoms with Crippen molar-refractivity contribution in [1.82, 2.24) is 10.4 Å². The minimum absolute atomic E-state index is 0.303. The number of hydrogen-bond acceptors (Lipinski definition) is 6. The highest BCUT2D eigenvalue weighted by atomic mass is 32.1. The molecule has 0 aliphatic heterocycles. The second-order valence-electron chi connectivity index (χ2n) is 6.75. The van der Waals surface area contributed by atoms with E-state index >= 15 is 0 Å². The molecule has 0 saturated carbocycles. The van der Waals surface area contributed by atoms with Crippen LogP contribution in [0.4, 0.5) is 0 Å². The molecule has 0 fully saturated rings. The van der Waals surface area contributed by atoms with Crippen LogP contribution in [0.2, 0.25) is 0 Å². The Labute approximate surface area is 184 Å². The number of thiophene rings is 1. The lowest BCUT2D eigenvalue weighted by Gasteiger charge is -2.13. The SMILES string of the molecule is COc1ccc(-c2cc(C(=O)NN=C(C)c3cccs3)c3ccccc3n2)c(OC)c1. The molecule has 6 nitrogen and oxygen atoms in total. The number of aromatic nitrogens is 1. The lowest BCUT2D eigenvalue weighted by atomic mass is 10.0. The van der Waals surface area contributed by atoms with Crippen LogP contribution < -0.4 is 14.9 Å². The molecule has 1 N–H and O–H groups in total. The molecule has 2 aromatic carbocycles. The maximum Gasteiger partial charge on any atom is 0.272 e. The number of nitrogens with one attached hydrogen (secondary N) is 1. The van der Waals surface area contributed by atoms with Crippen molar-refractivity contribution in [3.8, 4) is 22.8 Å². The molecule has 0 atom stereocenters. The van der Waals surface area contributed by atoms with Crippen molar-refractivity contribution in [2.45, 2.75) is 6.92 Å². The van der Waals surface area contributed by atoms with Gasteiger partial charge >= 0.3 is 0 Å². The Morgan fingerprint density at radius 1 is 1.03 bits per heavy atom. The molecule has 0 radical (unpaired) electrons. The Kier molecular flexibility index (Phi) is 5.95. The Morgan fingerprint density at radius 3 is 2.61 bits per heavy atom. The van der Waals surface area contributed by atoms with Crippen LogP contribution in [0.3, 0.4) is 0 Å². The summed E-state index contributed by atoms with van der Waals surface area (Å²) in [4.78, 5) is 18.8. The molecule has 0 saturated heterocycles. The Hall–Kier alpha value is -3.71. The van der Waals surface area contributed by atoms with Gasteiger partial charge < -0.3 is 9.47 Å². The number of pyridine rings is 1. The summed E-state index contributed by atoms with van der Waals surface area (Å²) in [5.74, 6) is 0.987. The molecule has 31 heavy (non-hydrogen) atoms. The van der Waals surface area contributed by atoms with E-state index in [0.717, 1.165) is 21.5 Å². The molecule has 0 aliphatic carbocycles. The fourth-order valence-electron chi connectivity index (χ4n) is 3.25. The van der Waals surface area contributed by atoms with Crippen LogP contribution in [-0.2, 0) is 0 Å². The maximum absolute atomic E-state index is 13.1. The number of rotatable bonds is 6. The van der Waals surface area contributed by atoms with Gasteiger partial charge in [-0.2, -0.15) is 5.10 Å². The van der Waals surface area contributed by atoms with Crippen LogP contribution in [0.5, 0.6) is 11.5 Å². The molecule has 4 rings (SSSR count). The highest BCUT2D eigenvalue weighted by molar-refractivity contribution is 7.12. The zero-order valence-electron chi connectivity index (χ0n) is 17.4. The van der Waals surface area contributed by atoms with Crippen LogP contribution in [0.1, 0.15) is 22.2 Å². The van der Waals surface area contributed by atoms with Crippen molar-refractivity contribution in [2.24, 2.45) is 5.10 Å². The van der Waals surface area contributed by atoms with Gasteiger partial charge in [-0.1, -0.05) is 24.3 Å². The third-order valence-corrected chi connectivity index (χ3v) is 5.83. The van der Waals surface area contributed by atoms with Gasteiger partial charge in [0.2, 0.25) is 0 Å². The second kappa shape index (κ2) is 8.97. The van der Waals surface area contributed by atoms with Crippen LogP contribution >= 0.6 is 11.3 Å². The van der Waals surface area contributed by atoms with E-state index in [1.54, 1.807) is 37.7 Å². The number of carbonyl (C=O) groups excluding carboxylic acids is 1. The number of methoxy groups -OCH3 is 2. The van der Waals surface area contributed by atoms with E-state index in [0.29, 0.717) is 28.3 Å². The number of amides is 1. The topological polar surface area (TPSA) is 72.8 Å². The summed E-state index contributed by atoms with van der Waals surface area (Å²) in [6.45, 7) is 1.87. The Morgan fingerprint density at radius 2 is 1.87 bits per heavy atom. The van der Waals surface area contributed by atoms with Crippen molar-refractivity contribution in [2.75, 3.05) is 14.2 Å². The van der Waals surface area contributed by atoms with Gasteiger partial charge in [0, 0.05) is 21.9 Å². The molecular formula is C24H21N3O3S. The van der Waals surface area contributed by atoms with Gasteiger partial charge in [-0.25, -0.2) is 10.4 Å². The quantitative estimate of drug-likeness (QED) is 0.339. The Balaban J connectivity index is 1.77. The van der Waals surface area contributed by atoms with Crippen molar-refractivity contribution in [3.05, 3.63) is 76.5 Å². The van der Waals surface area contributed by atoms with Gasteiger partial charge in [0.1, 0.15) is 11.5 Å².